The number of aryl methyl sites for hydroxylation is 1. The third kappa shape index (κ3) is 2.57. The van der Waals surface area contributed by atoms with Crippen LogP contribution in [0.3, 0.4) is 0 Å². The number of hydrogen-bond donors (Lipinski definition) is 1. The summed E-state index contributed by atoms with van der Waals surface area (Å²) in [7, 11) is 3.77. The Morgan fingerprint density at radius 2 is 1.93 bits per heavy atom. The number of ketones is 1. The molecule has 3 heteroatoms. The Bertz CT molecular complexity index is 383. The van der Waals surface area contributed by atoms with Gasteiger partial charge in [-0.2, -0.15) is 0 Å². The molecule has 0 aliphatic carbocycles. The minimum Gasteiger partial charge on any atom is -0.398 e. The summed E-state index contributed by atoms with van der Waals surface area (Å²) in [6.07, 6.45) is 0. The molecule has 3 nitrogen and oxygen atoms in total. The average molecular weight is 206 g/mol. The van der Waals surface area contributed by atoms with Crippen LogP contribution in [-0.2, 0) is 0 Å². The SMILES string of the molecule is Cc1ccc(N)c(C)c1C(=O)CN(C)C. The van der Waals surface area contributed by atoms with Gasteiger partial charge in [0.05, 0.1) is 6.54 Å². The van der Waals surface area contributed by atoms with Crippen molar-refractivity contribution in [2.45, 2.75) is 13.8 Å². The number of carbonyl (C=O) groups is 1. The Hall–Kier alpha value is -1.35. The van der Waals surface area contributed by atoms with Crippen LogP contribution < -0.4 is 5.73 Å². The normalized spacial score (nSPS) is 10.7. The predicted octanol–water partition coefficient (Wildman–Crippen LogP) is 1.63. The van der Waals surface area contributed by atoms with Crippen molar-refractivity contribution in [2.75, 3.05) is 26.4 Å². The molecule has 2 N–H and O–H groups in total. The molecule has 0 aliphatic rings. The zero-order valence-corrected chi connectivity index (χ0v) is 9.79. The Kier molecular flexibility index (Phi) is 3.48. The van der Waals surface area contributed by atoms with Gasteiger partial charge in [0, 0.05) is 11.3 Å². The van der Waals surface area contributed by atoms with Crippen molar-refractivity contribution in [1.82, 2.24) is 4.90 Å². The maximum Gasteiger partial charge on any atom is 0.177 e. The monoisotopic (exact) mass is 206 g/mol. The fourth-order valence-corrected chi connectivity index (χ4v) is 1.66. The highest BCUT2D eigenvalue weighted by molar-refractivity contribution is 6.01. The lowest BCUT2D eigenvalue weighted by Gasteiger charge is -2.13. The van der Waals surface area contributed by atoms with E-state index < -0.39 is 0 Å². The van der Waals surface area contributed by atoms with Crippen LogP contribution in [0.15, 0.2) is 12.1 Å². The molecule has 0 spiro atoms. The number of carbonyl (C=O) groups excluding carboxylic acids is 1. The smallest absolute Gasteiger partial charge is 0.177 e. The van der Waals surface area contributed by atoms with Gasteiger partial charge in [0.1, 0.15) is 0 Å². The van der Waals surface area contributed by atoms with Crippen LogP contribution in [0.1, 0.15) is 21.5 Å². The van der Waals surface area contributed by atoms with Crippen LogP contribution in [0, 0.1) is 13.8 Å². The molecule has 0 heterocycles. The number of nitrogen functional groups attached to an aromatic ring is 1. The molecule has 1 aromatic carbocycles. The average Bonchev–Trinajstić information content (AvgIpc) is 2.11. The van der Waals surface area contributed by atoms with E-state index in [1.54, 1.807) is 0 Å². The largest absolute Gasteiger partial charge is 0.398 e. The third-order valence-electron chi connectivity index (χ3n) is 2.45. The van der Waals surface area contributed by atoms with Gasteiger partial charge in [0.15, 0.2) is 5.78 Å². The van der Waals surface area contributed by atoms with Gasteiger partial charge in [-0.15, -0.1) is 0 Å². The van der Waals surface area contributed by atoms with E-state index >= 15 is 0 Å². The summed E-state index contributed by atoms with van der Waals surface area (Å²) in [5.41, 5.74) is 9.13. The Morgan fingerprint density at radius 1 is 1.33 bits per heavy atom. The number of likely N-dealkylation sites (N-methyl/N-ethyl adjacent to an activating group) is 1. The molecule has 1 aromatic rings. The first-order chi connectivity index (χ1) is 6.93. The van der Waals surface area contributed by atoms with E-state index in [4.69, 9.17) is 5.73 Å². The Labute approximate surface area is 90.9 Å². The summed E-state index contributed by atoms with van der Waals surface area (Å²) in [5.74, 6) is 0.127. The molecule has 0 saturated heterocycles. The zero-order chi connectivity index (χ0) is 11.6. The topological polar surface area (TPSA) is 46.3 Å². The first kappa shape index (κ1) is 11.7. The fourth-order valence-electron chi connectivity index (χ4n) is 1.66. The molecule has 0 atom stereocenters. The highest BCUT2D eigenvalue weighted by Gasteiger charge is 2.14. The Morgan fingerprint density at radius 3 is 2.47 bits per heavy atom. The minimum absolute atomic E-state index is 0.127. The second kappa shape index (κ2) is 4.45. The quantitative estimate of drug-likeness (QED) is 0.604. The van der Waals surface area contributed by atoms with E-state index in [1.807, 2.05) is 45.0 Å². The lowest BCUT2D eigenvalue weighted by molar-refractivity contribution is 0.0956. The van der Waals surface area contributed by atoms with Crippen molar-refractivity contribution in [1.29, 1.82) is 0 Å². The molecule has 0 aliphatic heterocycles. The molecule has 0 fully saturated rings. The van der Waals surface area contributed by atoms with Crippen molar-refractivity contribution in [3.05, 3.63) is 28.8 Å². The standard InChI is InChI=1S/C12H18N2O/c1-8-5-6-10(13)9(2)12(8)11(15)7-14(3)4/h5-6H,7,13H2,1-4H3. The van der Waals surface area contributed by atoms with E-state index in [-0.39, 0.29) is 5.78 Å². The van der Waals surface area contributed by atoms with E-state index in [2.05, 4.69) is 0 Å². The number of anilines is 1. The number of nitrogens with two attached hydrogens (primary N) is 1. The van der Waals surface area contributed by atoms with Crippen LogP contribution in [0.5, 0.6) is 0 Å². The molecule has 0 amide bonds. The van der Waals surface area contributed by atoms with Gasteiger partial charge in [-0.25, -0.2) is 0 Å². The van der Waals surface area contributed by atoms with E-state index in [0.717, 1.165) is 16.7 Å². The predicted molar refractivity (Wildman–Crippen MR) is 63.2 cm³/mol. The van der Waals surface area contributed by atoms with Crippen LogP contribution in [-0.4, -0.2) is 31.3 Å². The maximum absolute atomic E-state index is 12.0. The molecule has 0 unspecified atom stereocenters. The number of hydrogen-bond acceptors (Lipinski definition) is 3. The van der Waals surface area contributed by atoms with Gasteiger partial charge in [-0.05, 0) is 45.1 Å². The lowest BCUT2D eigenvalue weighted by Crippen LogP contribution is -2.23. The second-order valence-corrected chi connectivity index (χ2v) is 4.13. The summed E-state index contributed by atoms with van der Waals surface area (Å²) in [6, 6.07) is 3.74. The highest BCUT2D eigenvalue weighted by Crippen LogP contribution is 2.20. The number of Topliss-reactive ketones (excluding diaryl/α,β-unsaturated/α-hetero) is 1. The summed E-state index contributed by atoms with van der Waals surface area (Å²) in [4.78, 5) is 13.8. The van der Waals surface area contributed by atoms with Gasteiger partial charge in [0.25, 0.3) is 0 Å². The van der Waals surface area contributed by atoms with Gasteiger partial charge in [-0.3, -0.25) is 4.79 Å². The lowest BCUT2D eigenvalue weighted by atomic mass is 9.97. The van der Waals surface area contributed by atoms with Crippen molar-refractivity contribution >= 4 is 11.5 Å². The number of nitrogens with zero attached hydrogens (tertiary/aromatic N) is 1. The molecular formula is C12H18N2O. The van der Waals surface area contributed by atoms with Crippen LogP contribution in [0.25, 0.3) is 0 Å². The summed E-state index contributed by atoms with van der Waals surface area (Å²) < 4.78 is 0. The fraction of sp³-hybridized carbons (Fsp3) is 0.417. The van der Waals surface area contributed by atoms with Crippen LogP contribution in [0.4, 0.5) is 5.69 Å². The molecule has 15 heavy (non-hydrogen) atoms. The van der Waals surface area contributed by atoms with E-state index in [9.17, 15) is 4.79 Å². The molecule has 82 valence electrons. The van der Waals surface area contributed by atoms with Crippen LogP contribution >= 0.6 is 0 Å². The van der Waals surface area contributed by atoms with Gasteiger partial charge < -0.3 is 10.6 Å². The molecule has 0 radical (unpaired) electrons. The molecule has 1 rings (SSSR count). The summed E-state index contributed by atoms with van der Waals surface area (Å²) >= 11 is 0. The minimum atomic E-state index is 0.127. The van der Waals surface area contributed by atoms with Crippen molar-refractivity contribution in [3.63, 3.8) is 0 Å². The van der Waals surface area contributed by atoms with Gasteiger partial charge in [-0.1, -0.05) is 6.07 Å². The zero-order valence-electron chi connectivity index (χ0n) is 9.79. The Balaban J connectivity index is 3.13. The molecule has 0 aromatic heterocycles. The second-order valence-electron chi connectivity index (χ2n) is 4.13. The maximum atomic E-state index is 12.0. The molecular weight excluding hydrogens is 188 g/mol. The van der Waals surface area contributed by atoms with Gasteiger partial charge >= 0.3 is 0 Å². The van der Waals surface area contributed by atoms with Crippen molar-refractivity contribution < 1.29 is 4.79 Å². The first-order valence-corrected chi connectivity index (χ1v) is 4.97. The first-order valence-electron chi connectivity index (χ1n) is 4.97. The number of benzene rings is 1. The van der Waals surface area contributed by atoms with Crippen molar-refractivity contribution in [2.24, 2.45) is 0 Å². The van der Waals surface area contributed by atoms with Gasteiger partial charge in [0.2, 0.25) is 0 Å². The van der Waals surface area contributed by atoms with Crippen molar-refractivity contribution in [3.8, 4) is 0 Å². The van der Waals surface area contributed by atoms with E-state index in [0.29, 0.717) is 12.2 Å². The van der Waals surface area contributed by atoms with Crippen LogP contribution in [0.2, 0.25) is 0 Å². The number of rotatable bonds is 3. The van der Waals surface area contributed by atoms with E-state index in [1.165, 1.54) is 0 Å². The molecule has 0 saturated carbocycles. The molecule has 0 bridgehead atoms. The third-order valence-corrected chi connectivity index (χ3v) is 2.45. The highest BCUT2D eigenvalue weighted by atomic mass is 16.1. The summed E-state index contributed by atoms with van der Waals surface area (Å²) in [6.45, 7) is 4.26. The summed E-state index contributed by atoms with van der Waals surface area (Å²) in [5, 5.41) is 0.